The molecule has 0 saturated carbocycles. The first-order valence-corrected chi connectivity index (χ1v) is 4.88. The Balaban J connectivity index is 2.23. The Hall–Kier alpha value is -2.16. The maximum absolute atomic E-state index is 11.8. The van der Waals surface area contributed by atoms with Gasteiger partial charge in [0, 0.05) is 17.7 Å². The van der Waals surface area contributed by atoms with Gasteiger partial charge in [0.1, 0.15) is 5.76 Å². The molecule has 1 aliphatic heterocycles. The fraction of sp³-hybridized carbons (Fsp3) is 0.0769. The minimum Gasteiger partial charge on any atom is -0.423 e. The summed E-state index contributed by atoms with van der Waals surface area (Å²) in [5, 5.41) is 0. The molecule has 0 fully saturated rings. The summed E-state index contributed by atoms with van der Waals surface area (Å²) in [6.45, 7) is 1.73. The summed E-state index contributed by atoms with van der Waals surface area (Å²) in [6, 6.07) is 8.85. The third-order valence-corrected chi connectivity index (χ3v) is 2.25. The Morgan fingerprint density at radius 1 is 1.25 bits per heavy atom. The molecular weight excluding hydrogens is 204 g/mol. The van der Waals surface area contributed by atoms with Crippen LogP contribution in [0, 0.1) is 0 Å². The van der Waals surface area contributed by atoms with Crippen LogP contribution in [0.15, 0.2) is 53.8 Å². The lowest BCUT2D eigenvalue weighted by Crippen LogP contribution is -1.98. The Bertz CT molecular complexity index is 495. The Morgan fingerprint density at radius 3 is 2.50 bits per heavy atom. The molecule has 0 aromatic heterocycles. The maximum atomic E-state index is 11.8. The van der Waals surface area contributed by atoms with E-state index in [0.29, 0.717) is 16.9 Å². The van der Waals surface area contributed by atoms with Gasteiger partial charge in [0.05, 0.1) is 0 Å². The van der Waals surface area contributed by atoms with E-state index in [-0.39, 0.29) is 5.78 Å². The summed E-state index contributed by atoms with van der Waals surface area (Å²) in [5.74, 6) is -0.262. The van der Waals surface area contributed by atoms with E-state index in [1.807, 2.05) is 6.07 Å². The van der Waals surface area contributed by atoms with Gasteiger partial charge >= 0.3 is 5.97 Å². The van der Waals surface area contributed by atoms with Crippen molar-refractivity contribution in [2.75, 3.05) is 0 Å². The van der Waals surface area contributed by atoms with E-state index in [1.54, 1.807) is 31.2 Å². The van der Waals surface area contributed by atoms with Crippen molar-refractivity contribution in [1.82, 2.24) is 0 Å². The highest BCUT2D eigenvalue weighted by Crippen LogP contribution is 2.19. The van der Waals surface area contributed by atoms with Gasteiger partial charge in [-0.25, -0.2) is 4.79 Å². The smallest absolute Gasteiger partial charge is 0.336 e. The van der Waals surface area contributed by atoms with Crippen LogP contribution in [0.5, 0.6) is 0 Å². The molecule has 2 rings (SSSR count). The molecule has 3 heteroatoms. The molecule has 0 amide bonds. The van der Waals surface area contributed by atoms with Crippen LogP contribution in [-0.2, 0) is 9.53 Å². The van der Waals surface area contributed by atoms with Crippen molar-refractivity contribution in [2.45, 2.75) is 6.92 Å². The summed E-state index contributed by atoms with van der Waals surface area (Å²) >= 11 is 0. The molecule has 0 radical (unpaired) electrons. The number of ketones is 1. The normalized spacial score (nSPS) is 17.2. The van der Waals surface area contributed by atoms with Gasteiger partial charge < -0.3 is 4.74 Å². The molecule has 80 valence electrons. The number of hydrogen-bond donors (Lipinski definition) is 0. The van der Waals surface area contributed by atoms with Gasteiger partial charge in [-0.15, -0.1) is 0 Å². The number of allylic oxidation sites excluding steroid dienone is 2. The Morgan fingerprint density at radius 2 is 1.94 bits per heavy atom. The number of benzene rings is 1. The zero-order valence-corrected chi connectivity index (χ0v) is 8.77. The monoisotopic (exact) mass is 214 g/mol. The second-order valence-corrected chi connectivity index (χ2v) is 3.49. The average molecular weight is 214 g/mol. The van der Waals surface area contributed by atoms with E-state index in [9.17, 15) is 9.59 Å². The summed E-state index contributed by atoms with van der Waals surface area (Å²) < 4.78 is 4.87. The quantitative estimate of drug-likeness (QED) is 0.431. The molecule has 1 aliphatic rings. The molecule has 0 unspecified atom stereocenters. The summed E-state index contributed by atoms with van der Waals surface area (Å²) in [5.41, 5.74) is 1.25. The topological polar surface area (TPSA) is 43.4 Å². The molecule has 1 aromatic carbocycles. The van der Waals surface area contributed by atoms with Crippen molar-refractivity contribution in [3.05, 3.63) is 59.4 Å². The predicted molar refractivity (Wildman–Crippen MR) is 58.7 cm³/mol. The number of cyclic esters (lactones) is 1. The van der Waals surface area contributed by atoms with Crippen molar-refractivity contribution < 1.29 is 14.3 Å². The van der Waals surface area contributed by atoms with Crippen LogP contribution in [-0.4, -0.2) is 11.8 Å². The van der Waals surface area contributed by atoms with Gasteiger partial charge in [-0.3, -0.25) is 4.79 Å². The first-order valence-electron chi connectivity index (χ1n) is 4.88. The summed E-state index contributed by atoms with van der Waals surface area (Å²) in [6.07, 6.45) is 2.70. The lowest BCUT2D eigenvalue weighted by atomic mass is 10.1. The van der Waals surface area contributed by atoms with Gasteiger partial charge in [0.15, 0.2) is 5.78 Å². The van der Waals surface area contributed by atoms with Crippen LogP contribution in [0.1, 0.15) is 17.3 Å². The second-order valence-electron chi connectivity index (χ2n) is 3.49. The zero-order valence-electron chi connectivity index (χ0n) is 8.77. The van der Waals surface area contributed by atoms with E-state index in [2.05, 4.69) is 0 Å². The molecule has 0 aliphatic carbocycles. The molecule has 0 spiro atoms. The number of hydrogen-bond acceptors (Lipinski definition) is 3. The zero-order chi connectivity index (χ0) is 11.5. The second kappa shape index (κ2) is 4.14. The SMILES string of the molecule is CC1=CC(=O)OC1=CC(=O)c1ccccc1. The highest BCUT2D eigenvalue weighted by Gasteiger charge is 2.17. The van der Waals surface area contributed by atoms with E-state index in [0.717, 1.165) is 0 Å². The van der Waals surface area contributed by atoms with E-state index in [4.69, 9.17) is 4.74 Å². The Kier molecular flexibility index (Phi) is 2.68. The average Bonchev–Trinajstić information content (AvgIpc) is 2.59. The van der Waals surface area contributed by atoms with Gasteiger partial charge in [-0.1, -0.05) is 30.3 Å². The molecule has 1 aromatic rings. The van der Waals surface area contributed by atoms with Crippen LogP contribution >= 0.6 is 0 Å². The largest absolute Gasteiger partial charge is 0.423 e. The van der Waals surface area contributed by atoms with Crippen molar-refractivity contribution in [2.24, 2.45) is 0 Å². The third-order valence-electron chi connectivity index (χ3n) is 2.25. The number of carbonyl (C=O) groups is 2. The molecule has 0 N–H and O–H groups in total. The molecule has 0 saturated heterocycles. The molecule has 0 bridgehead atoms. The molecule has 16 heavy (non-hydrogen) atoms. The standard InChI is InChI=1S/C13H10O3/c1-9-7-13(15)16-12(9)8-11(14)10-5-3-2-4-6-10/h2-8H,1H3. The van der Waals surface area contributed by atoms with Crippen molar-refractivity contribution in [3.8, 4) is 0 Å². The van der Waals surface area contributed by atoms with E-state index in [1.165, 1.54) is 12.2 Å². The third kappa shape index (κ3) is 2.08. The Labute approximate surface area is 93.0 Å². The van der Waals surface area contributed by atoms with Crippen molar-refractivity contribution in [1.29, 1.82) is 0 Å². The van der Waals surface area contributed by atoms with Gasteiger partial charge in [-0.05, 0) is 12.5 Å². The van der Waals surface area contributed by atoms with Crippen LogP contribution in [0.25, 0.3) is 0 Å². The minimum atomic E-state index is -0.426. The lowest BCUT2D eigenvalue weighted by molar-refractivity contribution is -0.132. The molecule has 3 nitrogen and oxygen atoms in total. The first-order chi connectivity index (χ1) is 7.66. The van der Waals surface area contributed by atoms with Gasteiger partial charge in [0.25, 0.3) is 0 Å². The summed E-state index contributed by atoms with van der Waals surface area (Å²) in [7, 11) is 0. The number of carbonyl (C=O) groups excluding carboxylic acids is 2. The number of rotatable bonds is 2. The lowest BCUT2D eigenvalue weighted by Gasteiger charge is -1.99. The van der Waals surface area contributed by atoms with Crippen LogP contribution in [0.3, 0.4) is 0 Å². The van der Waals surface area contributed by atoms with Crippen molar-refractivity contribution in [3.63, 3.8) is 0 Å². The molecular formula is C13H10O3. The molecule has 1 heterocycles. The highest BCUT2D eigenvalue weighted by atomic mass is 16.5. The summed E-state index contributed by atoms with van der Waals surface area (Å²) in [4.78, 5) is 22.7. The number of esters is 1. The fourth-order valence-corrected chi connectivity index (χ4v) is 1.41. The van der Waals surface area contributed by atoms with Crippen molar-refractivity contribution >= 4 is 11.8 Å². The minimum absolute atomic E-state index is 0.168. The van der Waals surface area contributed by atoms with Crippen LogP contribution in [0.4, 0.5) is 0 Å². The maximum Gasteiger partial charge on any atom is 0.336 e. The van der Waals surface area contributed by atoms with Crippen LogP contribution in [0.2, 0.25) is 0 Å². The highest BCUT2D eigenvalue weighted by molar-refractivity contribution is 6.05. The number of ether oxygens (including phenoxy) is 1. The van der Waals surface area contributed by atoms with E-state index >= 15 is 0 Å². The van der Waals surface area contributed by atoms with Crippen LogP contribution < -0.4 is 0 Å². The predicted octanol–water partition coefficient (Wildman–Crippen LogP) is 2.26. The first kappa shape index (κ1) is 10.4. The van der Waals surface area contributed by atoms with Gasteiger partial charge in [0.2, 0.25) is 0 Å². The van der Waals surface area contributed by atoms with E-state index < -0.39 is 5.97 Å². The fourth-order valence-electron chi connectivity index (χ4n) is 1.41. The van der Waals surface area contributed by atoms with Gasteiger partial charge in [-0.2, -0.15) is 0 Å². The molecule has 0 atom stereocenters.